The monoisotopic (exact) mass is 311 g/mol. The van der Waals surface area contributed by atoms with Gasteiger partial charge in [0.05, 0.1) is 18.5 Å². The summed E-state index contributed by atoms with van der Waals surface area (Å²) in [5, 5.41) is 7.86. The second-order valence-electron chi connectivity index (χ2n) is 5.82. The van der Waals surface area contributed by atoms with Crippen LogP contribution in [0, 0.1) is 6.92 Å². The van der Waals surface area contributed by atoms with Crippen molar-refractivity contribution in [3.63, 3.8) is 0 Å². The van der Waals surface area contributed by atoms with E-state index in [1.807, 2.05) is 42.9 Å². The van der Waals surface area contributed by atoms with Crippen molar-refractivity contribution >= 4 is 22.5 Å². The molecule has 0 saturated heterocycles. The zero-order chi connectivity index (χ0) is 16.6. The number of ether oxygens (including phenoxy) is 1. The van der Waals surface area contributed by atoms with Gasteiger partial charge in [0.2, 0.25) is 0 Å². The minimum atomic E-state index is 0.234. The Kier molecular flexibility index (Phi) is 3.90. The number of hydrogen-bond acceptors (Lipinski definition) is 5. The number of nitrogens with zero attached hydrogens (tertiary/aromatic N) is 4. The second-order valence-corrected chi connectivity index (χ2v) is 5.82. The molecule has 2 heterocycles. The molecular formula is C17H21N5O. The average Bonchev–Trinajstić information content (AvgIpc) is 2.82. The van der Waals surface area contributed by atoms with Gasteiger partial charge in [0.25, 0.3) is 0 Å². The molecule has 3 aromatic rings. The molecule has 1 N–H and O–H groups in total. The molecule has 2 aromatic heterocycles. The number of nitrogens with one attached hydrogen (secondary N) is 1. The van der Waals surface area contributed by atoms with Crippen LogP contribution < -0.4 is 10.1 Å². The molecule has 6 heteroatoms. The van der Waals surface area contributed by atoms with E-state index in [-0.39, 0.29) is 5.92 Å². The Balaban J connectivity index is 2.19. The number of fused-ring (bicyclic) bond motifs is 1. The van der Waals surface area contributed by atoms with Gasteiger partial charge < -0.3 is 10.1 Å². The summed E-state index contributed by atoms with van der Waals surface area (Å²) >= 11 is 0. The van der Waals surface area contributed by atoms with Crippen LogP contribution in [0.2, 0.25) is 0 Å². The lowest BCUT2D eigenvalue weighted by Crippen LogP contribution is -2.05. The number of methoxy groups -OCH3 is 1. The molecule has 0 amide bonds. The number of anilines is 2. The molecule has 120 valence electrons. The molecule has 1 aromatic carbocycles. The molecule has 0 aliphatic rings. The fraction of sp³-hybridized carbons (Fsp3) is 0.353. The number of para-hydroxylation sites is 2. The molecule has 0 spiro atoms. The molecule has 0 atom stereocenters. The highest BCUT2D eigenvalue weighted by Gasteiger charge is 2.17. The van der Waals surface area contributed by atoms with E-state index in [4.69, 9.17) is 9.72 Å². The van der Waals surface area contributed by atoms with Crippen molar-refractivity contribution in [1.29, 1.82) is 0 Å². The third kappa shape index (κ3) is 2.72. The maximum Gasteiger partial charge on any atom is 0.160 e. The zero-order valence-corrected chi connectivity index (χ0v) is 14.1. The van der Waals surface area contributed by atoms with Crippen molar-refractivity contribution in [2.75, 3.05) is 12.4 Å². The molecule has 0 aliphatic heterocycles. The summed E-state index contributed by atoms with van der Waals surface area (Å²) in [5.74, 6) is 2.54. The summed E-state index contributed by atoms with van der Waals surface area (Å²) in [6, 6.07) is 7.78. The predicted octanol–water partition coefficient (Wildman–Crippen LogP) is 3.55. The summed E-state index contributed by atoms with van der Waals surface area (Å²) in [7, 11) is 3.56. The predicted molar refractivity (Wildman–Crippen MR) is 91.4 cm³/mol. The second kappa shape index (κ2) is 5.87. The third-order valence-corrected chi connectivity index (χ3v) is 3.74. The quantitative estimate of drug-likeness (QED) is 0.798. The van der Waals surface area contributed by atoms with Crippen LogP contribution in [-0.4, -0.2) is 26.9 Å². The van der Waals surface area contributed by atoms with Crippen molar-refractivity contribution in [2.45, 2.75) is 26.7 Å². The molecule has 6 nitrogen and oxygen atoms in total. The molecule has 0 saturated carbocycles. The van der Waals surface area contributed by atoms with Crippen LogP contribution in [0.3, 0.4) is 0 Å². The molecule has 0 radical (unpaired) electrons. The molecular weight excluding hydrogens is 290 g/mol. The average molecular weight is 311 g/mol. The number of benzene rings is 1. The molecule has 3 rings (SSSR count). The fourth-order valence-corrected chi connectivity index (χ4v) is 2.57. The van der Waals surface area contributed by atoms with E-state index in [0.29, 0.717) is 0 Å². The molecule has 0 aliphatic carbocycles. The highest BCUT2D eigenvalue weighted by atomic mass is 16.5. The lowest BCUT2D eigenvalue weighted by atomic mass is 10.2. The topological polar surface area (TPSA) is 64.9 Å². The van der Waals surface area contributed by atoms with Gasteiger partial charge >= 0.3 is 0 Å². The van der Waals surface area contributed by atoms with Crippen molar-refractivity contribution in [2.24, 2.45) is 7.05 Å². The van der Waals surface area contributed by atoms with Gasteiger partial charge in [0.15, 0.2) is 5.82 Å². The first-order valence-electron chi connectivity index (χ1n) is 7.62. The fourth-order valence-electron chi connectivity index (χ4n) is 2.57. The Morgan fingerprint density at radius 1 is 1.17 bits per heavy atom. The number of aryl methyl sites for hydroxylation is 2. The van der Waals surface area contributed by atoms with E-state index in [1.165, 1.54) is 0 Å². The highest BCUT2D eigenvalue weighted by molar-refractivity contribution is 5.90. The van der Waals surface area contributed by atoms with E-state index in [2.05, 4.69) is 29.2 Å². The van der Waals surface area contributed by atoms with Crippen molar-refractivity contribution in [1.82, 2.24) is 19.7 Å². The Morgan fingerprint density at radius 2 is 1.91 bits per heavy atom. The van der Waals surface area contributed by atoms with Crippen LogP contribution in [0.1, 0.15) is 31.3 Å². The molecule has 0 bridgehead atoms. The van der Waals surface area contributed by atoms with Crippen LogP contribution in [0.5, 0.6) is 5.75 Å². The lowest BCUT2D eigenvalue weighted by molar-refractivity contribution is 0.417. The van der Waals surface area contributed by atoms with E-state index in [0.717, 1.165) is 39.8 Å². The first-order chi connectivity index (χ1) is 11.0. The minimum absolute atomic E-state index is 0.234. The summed E-state index contributed by atoms with van der Waals surface area (Å²) in [6.45, 7) is 6.13. The summed E-state index contributed by atoms with van der Waals surface area (Å²) in [6.07, 6.45) is 0. The number of rotatable bonds is 4. The summed E-state index contributed by atoms with van der Waals surface area (Å²) < 4.78 is 7.23. The summed E-state index contributed by atoms with van der Waals surface area (Å²) in [5.41, 5.74) is 3.53. The third-order valence-electron chi connectivity index (χ3n) is 3.74. The normalized spacial score (nSPS) is 11.2. The maximum absolute atomic E-state index is 5.41. The van der Waals surface area contributed by atoms with Crippen LogP contribution >= 0.6 is 0 Å². The molecule has 0 unspecified atom stereocenters. The van der Waals surface area contributed by atoms with Crippen LogP contribution in [0.25, 0.3) is 11.0 Å². The van der Waals surface area contributed by atoms with E-state index in [9.17, 15) is 0 Å². The van der Waals surface area contributed by atoms with Gasteiger partial charge in [-0.25, -0.2) is 9.97 Å². The van der Waals surface area contributed by atoms with Crippen molar-refractivity contribution < 1.29 is 4.74 Å². The van der Waals surface area contributed by atoms with Gasteiger partial charge in [-0.05, 0) is 19.1 Å². The van der Waals surface area contributed by atoms with Crippen LogP contribution in [0.4, 0.5) is 11.5 Å². The number of aromatic nitrogens is 4. The van der Waals surface area contributed by atoms with Gasteiger partial charge in [-0.3, -0.25) is 4.68 Å². The Morgan fingerprint density at radius 3 is 2.61 bits per heavy atom. The van der Waals surface area contributed by atoms with E-state index in [1.54, 1.807) is 7.11 Å². The largest absolute Gasteiger partial charge is 0.495 e. The van der Waals surface area contributed by atoms with Gasteiger partial charge in [-0.15, -0.1) is 0 Å². The SMILES string of the molecule is COc1ccccc1Nc1nc(C(C)C)nc2c(C)nn(C)c12. The summed E-state index contributed by atoms with van der Waals surface area (Å²) in [4.78, 5) is 9.38. The Hall–Kier alpha value is -2.63. The van der Waals surface area contributed by atoms with Crippen LogP contribution in [0.15, 0.2) is 24.3 Å². The smallest absolute Gasteiger partial charge is 0.160 e. The highest BCUT2D eigenvalue weighted by Crippen LogP contribution is 2.31. The molecule has 0 fully saturated rings. The minimum Gasteiger partial charge on any atom is -0.495 e. The van der Waals surface area contributed by atoms with E-state index < -0.39 is 0 Å². The zero-order valence-electron chi connectivity index (χ0n) is 14.1. The van der Waals surface area contributed by atoms with Gasteiger partial charge in [-0.1, -0.05) is 26.0 Å². The van der Waals surface area contributed by atoms with Gasteiger partial charge in [-0.2, -0.15) is 5.10 Å². The first-order valence-corrected chi connectivity index (χ1v) is 7.62. The lowest BCUT2D eigenvalue weighted by Gasteiger charge is -2.13. The maximum atomic E-state index is 5.41. The standard InChI is InChI=1S/C17H21N5O/c1-10(2)16-19-14-11(3)21-22(4)15(14)17(20-16)18-12-8-6-7-9-13(12)23-5/h6-10H,1-5H3,(H,18,19,20). The van der Waals surface area contributed by atoms with E-state index >= 15 is 0 Å². The van der Waals surface area contributed by atoms with Gasteiger partial charge in [0, 0.05) is 13.0 Å². The van der Waals surface area contributed by atoms with Crippen molar-refractivity contribution in [3.05, 3.63) is 35.8 Å². The Bertz CT molecular complexity index is 854. The number of hydrogen-bond donors (Lipinski definition) is 1. The van der Waals surface area contributed by atoms with Crippen LogP contribution in [-0.2, 0) is 7.05 Å². The first kappa shape index (κ1) is 15.3. The molecule has 23 heavy (non-hydrogen) atoms. The van der Waals surface area contributed by atoms with Crippen molar-refractivity contribution in [3.8, 4) is 5.75 Å². The Labute approximate surface area is 135 Å². The van der Waals surface area contributed by atoms with Gasteiger partial charge in [0.1, 0.15) is 22.6 Å².